The van der Waals surface area contributed by atoms with Gasteiger partial charge in [-0.25, -0.2) is 8.42 Å². The molecule has 0 heterocycles. The molecular weight excluding hydrogens is 264 g/mol. The summed E-state index contributed by atoms with van der Waals surface area (Å²) >= 11 is 0. The van der Waals surface area contributed by atoms with E-state index in [1.54, 1.807) is 31.3 Å². The van der Waals surface area contributed by atoms with Gasteiger partial charge in [-0.1, -0.05) is 0 Å². The fraction of sp³-hybridized carbons (Fsp3) is 0.538. The van der Waals surface area contributed by atoms with E-state index in [1.807, 2.05) is 20.9 Å². The van der Waals surface area contributed by atoms with Crippen molar-refractivity contribution in [2.45, 2.75) is 24.8 Å². The van der Waals surface area contributed by atoms with E-state index in [0.717, 1.165) is 6.54 Å². The molecule has 0 radical (unpaired) electrons. The Kier molecular flexibility index (Phi) is 5.78. The molecule has 0 unspecified atom stereocenters. The standard InChI is InChI=1S/C13H22N2O3S/c1-11(2)15(4)19(16,17)13-7-5-12(6-8-13)18-10-9-14-3/h5-8,11,14H,9-10H2,1-4H3. The second-order valence-electron chi connectivity index (χ2n) is 4.54. The SMILES string of the molecule is CNCCOc1ccc(S(=O)(=O)N(C)C(C)C)cc1. The van der Waals surface area contributed by atoms with E-state index in [-0.39, 0.29) is 10.9 Å². The monoisotopic (exact) mass is 286 g/mol. The lowest BCUT2D eigenvalue weighted by molar-refractivity contribution is 0.318. The molecule has 19 heavy (non-hydrogen) atoms. The highest BCUT2D eigenvalue weighted by Gasteiger charge is 2.22. The Morgan fingerprint density at radius 1 is 1.26 bits per heavy atom. The second-order valence-corrected chi connectivity index (χ2v) is 6.54. The molecule has 1 aromatic rings. The Bertz CT molecular complexity index is 483. The summed E-state index contributed by atoms with van der Waals surface area (Å²) in [5, 5.41) is 2.97. The first kappa shape index (κ1) is 15.9. The third-order valence-corrected chi connectivity index (χ3v) is 4.90. The van der Waals surface area contributed by atoms with E-state index in [4.69, 9.17) is 4.74 Å². The van der Waals surface area contributed by atoms with E-state index in [2.05, 4.69) is 5.32 Å². The maximum atomic E-state index is 12.2. The zero-order valence-corrected chi connectivity index (χ0v) is 12.7. The van der Waals surface area contributed by atoms with Crippen molar-refractivity contribution in [3.8, 4) is 5.75 Å². The predicted molar refractivity (Wildman–Crippen MR) is 75.9 cm³/mol. The van der Waals surface area contributed by atoms with E-state index >= 15 is 0 Å². The van der Waals surface area contributed by atoms with Crippen LogP contribution in [0.4, 0.5) is 0 Å². The first-order chi connectivity index (χ1) is 8.89. The molecule has 5 nitrogen and oxygen atoms in total. The number of likely N-dealkylation sites (N-methyl/N-ethyl adjacent to an activating group) is 1. The van der Waals surface area contributed by atoms with Crippen LogP contribution in [0.15, 0.2) is 29.2 Å². The first-order valence-electron chi connectivity index (χ1n) is 6.25. The molecule has 1 rings (SSSR count). The zero-order chi connectivity index (χ0) is 14.5. The van der Waals surface area contributed by atoms with Crippen molar-refractivity contribution in [3.63, 3.8) is 0 Å². The summed E-state index contributed by atoms with van der Waals surface area (Å²) in [6.45, 7) is 4.98. The minimum Gasteiger partial charge on any atom is -0.492 e. The van der Waals surface area contributed by atoms with Crippen LogP contribution in [0.25, 0.3) is 0 Å². The molecule has 0 fully saturated rings. The van der Waals surface area contributed by atoms with Crippen LogP contribution >= 0.6 is 0 Å². The van der Waals surface area contributed by atoms with Gasteiger partial charge in [0.2, 0.25) is 10.0 Å². The Morgan fingerprint density at radius 3 is 2.32 bits per heavy atom. The molecule has 0 atom stereocenters. The van der Waals surface area contributed by atoms with Crippen molar-refractivity contribution in [2.24, 2.45) is 0 Å². The van der Waals surface area contributed by atoms with Crippen LogP contribution in [-0.4, -0.2) is 46.0 Å². The maximum absolute atomic E-state index is 12.2. The summed E-state index contributed by atoms with van der Waals surface area (Å²) in [7, 11) is 0.0139. The summed E-state index contributed by atoms with van der Waals surface area (Å²) in [5.74, 6) is 0.668. The van der Waals surface area contributed by atoms with Crippen molar-refractivity contribution in [3.05, 3.63) is 24.3 Å². The Morgan fingerprint density at radius 2 is 1.84 bits per heavy atom. The molecule has 1 aromatic carbocycles. The van der Waals surface area contributed by atoms with Gasteiger partial charge in [-0.15, -0.1) is 0 Å². The van der Waals surface area contributed by atoms with E-state index < -0.39 is 10.0 Å². The van der Waals surface area contributed by atoms with Gasteiger partial charge in [0.05, 0.1) is 4.90 Å². The van der Waals surface area contributed by atoms with Crippen molar-refractivity contribution in [1.29, 1.82) is 0 Å². The highest BCUT2D eigenvalue weighted by molar-refractivity contribution is 7.89. The molecule has 0 spiro atoms. The summed E-state index contributed by atoms with van der Waals surface area (Å²) in [6.07, 6.45) is 0. The number of hydrogen-bond acceptors (Lipinski definition) is 4. The summed E-state index contributed by atoms with van der Waals surface area (Å²) in [5.41, 5.74) is 0. The molecule has 0 saturated heterocycles. The molecule has 0 aromatic heterocycles. The Labute approximate surface area is 115 Å². The molecule has 108 valence electrons. The summed E-state index contributed by atoms with van der Waals surface area (Å²) < 4.78 is 31.2. The number of nitrogens with zero attached hydrogens (tertiary/aromatic N) is 1. The van der Waals surface area contributed by atoms with Gasteiger partial charge in [0.25, 0.3) is 0 Å². The molecule has 0 aliphatic heterocycles. The predicted octanol–water partition coefficient (Wildman–Crippen LogP) is 1.31. The third-order valence-electron chi connectivity index (χ3n) is 2.85. The van der Waals surface area contributed by atoms with Crippen LogP contribution in [-0.2, 0) is 10.0 Å². The molecule has 6 heteroatoms. The zero-order valence-electron chi connectivity index (χ0n) is 11.9. The van der Waals surface area contributed by atoms with Crippen molar-refractivity contribution in [1.82, 2.24) is 9.62 Å². The van der Waals surface area contributed by atoms with Crippen LogP contribution in [0.5, 0.6) is 5.75 Å². The van der Waals surface area contributed by atoms with Crippen molar-refractivity contribution < 1.29 is 13.2 Å². The van der Waals surface area contributed by atoms with Gasteiger partial charge in [0, 0.05) is 19.6 Å². The first-order valence-corrected chi connectivity index (χ1v) is 7.69. The molecular formula is C13H22N2O3S. The lowest BCUT2D eigenvalue weighted by atomic mass is 10.3. The van der Waals surface area contributed by atoms with Crippen LogP contribution in [0.2, 0.25) is 0 Å². The minimum absolute atomic E-state index is 0.0726. The van der Waals surface area contributed by atoms with Crippen molar-refractivity contribution >= 4 is 10.0 Å². The van der Waals surface area contributed by atoms with E-state index in [0.29, 0.717) is 12.4 Å². The number of hydrogen-bond donors (Lipinski definition) is 1. The van der Waals surface area contributed by atoms with E-state index in [1.165, 1.54) is 4.31 Å². The molecule has 0 amide bonds. The number of sulfonamides is 1. The number of nitrogens with one attached hydrogen (secondary N) is 1. The van der Waals surface area contributed by atoms with Crippen LogP contribution in [0.1, 0.15) is 13.8 Å². The van der Waals surface area contributed by atoms with E-state index in [9.17, 15) is 8.42 Å². The lowest BCUT2D eigenvalue weighted by Crippen LogP contribution is -2.32. The lowest BCUT2D eigenvalue weighted by Gasteiger charge is -2.21. The Balaban J connectivity index is 2.81. The fourth-order valence-electron chi connectivity index (χ4n) is 1.42. The highest BCUT2D eigenvalue weighted by atomic mass is 32.2. The maximum Gasteiger partial charge on any atom is 0.243 e. The number of benzene rings is 1. The number of rotatable bonds is 7. The van der Waals surface area contributed by atoms with Crippen LogP contribution in [0.3, 0.4) is 0 Å². The summed E-state index contributed by atoms with van der Waals surface area (Å²) in [4.78, 5) is 0.282. The summed E-state index contributed by atoms with van der Waals surface area (Å²) in [6, 6.07) is 6.43. The average Bonchev–Trinajstić information content (AvgIpc) is 2.38. The normalized spacial score (nSPS) is 12.1. The average molecular weight is 286 g/mol. The van der Waals surface area contributed by atoms with Gasteiger partial charge in [-0.05, 0) is 45.2 Å². The molecule has 0 saturated carbocycles. The molecule has 0 aliphatic rings. The quantitative estimate of drug-likeness (QED) is 0.768. The minimum atomic E-state index is -3.41. The van der Waals surface area contributed by atoms with Gasteiger partial charge < -0.3 is 10.1 Å². The van der Waals surface area contributed by atoms with Gasteiger partial charge >= 0.3 is 0 Å². The second kappa shape index (κ2) is 6.88. The van der Waals surface area contributed by atoms with Gasteiger partial charge in [-0.2, -0.15) is 4.31 Å². The molecule has 0 aliphatic carbocycles. The highest BCUT2D eigenvalue weighted by Crippen LogP contribution is 2.19. The fourth-order valence-corrected chi connectivity index (χ4v) is 2.79. The van der Waals surface area contributed by atoms with Gasteiger partial charge in [0.15, 0.2) is 0 Å². The Hall–Kier alpha value is -1.11. The van der Waals surface area contributed by atoms with Gasteiger partial charge in [-0.3, -0.25) is 0 Å². The van der Waals surface area contributed by atoms with Crippen LogP contribution in [0, 0.1) is 0 Å². The smallest absolute Gasteiger partial charge is 0.243 e. The molecule has 1 N–H and O–H groups in total. The largest absolute Gasteiger partial charge is 0.492 e. The molecule has 0 bridgehead atoms. The van der Waals surface area contributed by atoms with Gasteiger partial charge in [0.1, 0.15) is 12.4 Å². The van der Waals surface area contributed by atoms with Crippen LogP contribution < -0.4 is 10.1 Å². The topological polar surface area (TPSA) is 58.6 Å². The number of ether oxygens (including phenoxy) is 1. The third kappa shape index (κ3) is 4.19. The van der Waals surface area contributed by atoms with Crippen molar-refractivity contribution in [2.75, 3.05) is 27.2 Å².